The standard InChI is InChI=1S/C27H30F2N6O3/c1-3-6-23-33-25(34-38-23)19-16-31-27(32-17-19)35-11-8-18(9-12-35)7-5-13-37-20-14-21(28)24(22(29)15-20)26(36)30-10-4-2/h2,14-18H,3,5-13H2,1H3,(H,30,36). The fourth-order valence-corrected chi connectivity index (χ4v) is 4.34. The van der Waals surface area contributed by atoms with Gasteiger partial charge >= 0.3 is 0 Å². The van der Waals surface area contributed by atoms with Gasteiger partial charge in [0.25, 0.3) is 5.91 Å². The van der Waals surface area contributed by atoms with Crippen molar-refractivity contribution in [3.8, 4) is 29.5 Å². The van der Waals surface area contributed by atoms with Crippen LogP contribution in [0, 0.1) is 29.9 Å². The highest BCUT2D eigenvalue weighted by Crippen LogP contribution is 2.26. The van der Waals surface area contributed by atoms with Crippen LogP contribution in [-0.4, -0.2) is 52.3 Å². The Kier molecular flexibility index (Phi) is 9.19. The van der Waals surface area contributed by atoms with E-state index in [2.05, 4.69) is 43.2 Å². The van der Waals surface area contributed by atoms with Gasteiger partial charge < -0.3 is 19.5 Å². The molecule has 0 bridgehead atoms. The molecule has 11 heteroatoms. The minimum Gasteiger partial charge on any atom is -0.493 e. The molecule has 1 aliphatic rings. The molecule has 1 N–H and O–H groups in total. The molecule has 1 saturated heterocycles. The first kappa shape index (κ1) is 27.0. The topological polar surface area (TPSA) is 106 Å². The second kappa shape index (κ2) is 12.9. The lowest BCUT2D eigenvalue weighted by Gasteiger charge is -2.32. The first-order valence-electron chi connectivity index (χ1n) is 12.7. The van der Waals surface area contributed by atoms with E-state index in [-0.39, 0.29) is 12.3 Å². The molecular weight excluding hydrogens is 494 g/mol. The van der Waals surface area contributed by atoms with Gasteiger partial charge in [-0.1, -0.05) is 18.0 Å². The largest absolute Gasteiger partial charge is 0.493 e. The van der Waals surface area contributed by atoms with Crippen molar-refractivity contribution in [2.75, 3.05) is 31.1 Å². The zero-order chi connectivity index (χ0) is 26.9. The summed E-state index contributed by atoms with van der Waals surface area (Å²) in [5, 5.41) is 6.24. The van der Waals surface area contributed by atoms with Crippen LogP contribution in [-0.2, 0) is 6.42 Å². The molecule has 9 nitrogen and oxygen atoms in total. The highest BCUT2D eigenvalue weighted by Gasteiger charge is 2.22. The van der Waals surface area contributed by atoms with Crippen LogP contribution in [0.3, 0.4) is 0 Å². The average Bonchev–Trinajstić information content (AvgIpc) is 3.39. The van der Waals surface area contributed by atoms with Gasteiger partial charge in [-0.3, -0.25) is 4.79 Å². The molecule has 4 rings (SSSR count). The Morgan fingerprint density at radius 1 is 1.24 bits per heavy atom. The van der Waals surface area contributed by atoms with Gasteiger partial charge in [0, 0.05) is 44.0 Å². The summed E-state index contributed by atoms with van der Waals surface area (Å²) in [7, 11) is 0. The maximum Gasteiger partial charge on any atom is 0.258 e. The molecule has 0 aliphatic carbocycles. The summed E-state index contributed by atoms with van der Waals surface area (Å²) >= 11 is 0. The number of terminal acetylenes is 1. The van der Waals surface area contributed by atoms with E-state index < -0.39 is 23.1 Å². The molecule has 1 aromatic carbocycles. The van der Waals surface area contributed by atoms with E-state index in [0.29, 0.717) is 30.2 Å². The number of ether oxygens (including phenoxy) is 1. The lowest BCUT2D eigenvalue weighted by Crippen LogP contribution is -2.34. The number of benzene rings is 1. The minimum atomic E-state index is -0.990. The van der Waals surface area contributed by atoms with E-state index in [4.69, 9.17) is 15.7 Å². The number of anilines is 1. The first-order chi connectivity index (χ1) is 18.5. The van der Waals surface area contributed by atoms with Gasteiger partial charge in [-0.15, -0.1) is 6.42 Å². The molecule has 0 unspecified atom stereocenters. The number of nitrogens with zero attached hydrogens (tertiary/aromatic N) is 5. The summed E-state index contributed by atoms with van der Waals surface area (Å²) in [4.78, 5) is 27.4. The average molecular weight is 525 g/mol. The van der Waals surface area contributed by atoms with Crippen LogP contribution < -0.4 is 15.0 Å². The van der Waals surface area contributed by atoms with Crippen molar-refractivity contribution in [1.82, 2.24) is 25.4 Å². The van der Waals surface area contributed by atoms with Crippen LogP contribution in [0.2, 0.25) is 0 Å². The minimum absolute atomic E-state index is 0.0475. The predicted molar refractivity (Wildman–Crippen MR) is 137 cm³/mol. The summed E-state index contributed by atoms with van der Waals surface area (Å²) < 4.78 is 39.3. The van der Waals surface area contributed by atoms with Crippen molar-refractivity contribution < 1.29 is 22.8 Å². The molecule has 38 heavy (non-hydrogen) atoms. The van der Waals surface area contributed by atoms with Crippen LogP contribution in [0.15, 0.2) is 29.0 Å². The molecule has 0 saturated carbocycles. The number of hydrogen-bond donors (Lipinski definition) is 1. The summed E-state index contributed by atoms with van der Waals surface area (Å²) in [6.45, 7) is 3.94. The molecular formula is C27H30F2N6O3. The summed E-state index contributed by atoms with van der Waals surface area (Å²) in [5.74, 6) is 1.65. The molecule has 3 aromatic rings. The third-order valence-corrected chi connectivity index (χ3v) is 6.34. The Labute approximate surface area is 220 Å². The number of aryl methyl sites for hydroxylation is 1. The van der Waals surface area contributed by atoms with Gasteiger partial charge in [0.1, 0.15) is 22.9 Å². The molecule has 1 aliphatic heterocycles. The second-order valence-electron chi connectivity index (χ2n) is 9.10. The molecule has 3 heterocycles. The zero-order valence-corrected chi connectivity index (χ0v) is 21.3. The van der Waals surface area contributed by atoms with Crippen molar-refractivity contribution in [3.05, 3.63) is 47.6 Å². The fraction of sp³-hybridized carbons (Fsp3) is 0.444. The molecule has 0 radical (unpaired) electrons. The number of aromatic nitrogens is 4. The number of piperidine rings is 1. The van der Waals surface area contributed by atoms with E-state index in [9.17, 15) is 13.6 Å². The summed E-state index contributed by atoms with van der Waals surface area (Å²) in [6.07, 6.45) is 13.8. The smallest absolute Gasteiger partial charge is 0.258 e. The van der Waals surface area contributed by atoms with Crippen molar-refractivity contribution in [3.63, 3.8) is 0 Å². The predicted octanol–water partition coefficient (Wildman–Crippen LogP) is 4.20. The Balaban J connectivity index is 1.19. The van der Waals surface area contributed by atoms with Gasteiger partial charge in [-0.25, -0.2) is 18.7 Å². The number of rotatable bonds is 11. The number of amides is 1. The van der Waals surface area contributed by atoms with Crippen molar-refractivity contribution in [1.29, 1.82) is 0 Å². The van der Waals surface area contributed by atoms with E-state index >= 15 is 0 Å². The molecule has 0 atom stereocenters. The number of carbonyl (C=O) groups excluding carboxylic acids is 1. The van der Waals surface area contributed by atoms with E-state index in [1.54, 1.807) is 12.4 Å². The Hall–Kier alpha value is -4.07. The van der Waals surface area contributed by atoms with E-state index in [1.807, 2.05) is 0 Å². The highest BCUT2D eigenvalue weighted by atomic mass is 19.1. The molecule has 2 aromatic heterocycles. The lowest BCUT2D eigenvalue weighted by molar-refractivity contribution is 0.0950. The SMILES string of the molecule is C#CCNC(=O)c1c(F)cc(OCCCC2CCN(c3ncc(-c4noc(CCC)n4)cn3)CC2)cc1F. The quantitative estimate of drug-likeness (QED) is 0.294. The van der Waals surface area contributed by atoms with Gasteiger partial charge in [-0.2, -0.15) is 4.98 Å². The lowest BCUT2D eigenvalue weighted by atomic mass is 9.92. The van der Waals surface area contributed by atoms with Crippen molar-refractivity contribution >= 4 is 11.9 Å². The fourth-order valence-electron chi connectivity index (χ4n) is 4.34. The number of nitrogens with one attached hydrogen (secondary N) is 1. The molecule has 0 spiro atoms. The number of hydrogen-bond acceptors (Lipinski definition) is 8. The van der Waals surface area contributed by atoms with Crippen LogP contribution in [0.25, 0.3) is 11.4 Å². The second-order valence-corrected chi connectivity index (χ2v) is 9.10. The third-order valence-electron chi connectivity index (χ3n) is 6.34. The van der Waals surface area contributed by atoms with E-state index in [0.717, 1.165) is 69.3 Å². The first-order valence-corrected chi connectivity index (χ1v) is 12.7. The van der Waals surface area contributed by atoms with Crippen LogP contribution in [0.5, 0.6) is 5.75 Å². The Morgan fingerprint density at radius 2 is 1.95 bits per heavy atom. The van der Waals surface area contributed by atoms with Crippen molar-refractivity contribution in [2.45, 2.75) is 45.4 Å². The zero-order valence-electron chi connectivity index (χ0n) is 21.3. The summed E-state index contributed by atoms with van der Waals surface area (Å²) in [5.41, 5.74) is 0.0465. The van der Waals surface area contributed by atoms with E-state index in [1.165, 1.54) is 0 Å². The highest BCUT2D eigenvalue weighted by molar-refractivity contribution is 5.95. The molecule has 1 amide bonds. The maximum absolute atomic E-state index is 14.2. The van der Waals surface area contributed by atoms with Gasteiger partial charge in [0.2, 0.25) is 17.7 Å². The maximum atomic E-state index is 14.2. The molecule has 1 fully saturated rings. The molecule has 200 valence electrons. The van der Waals surface area contributed by atoms with Gasteiger partial charge in [0.15, 0.2) is 0 Å². The number of halogens is 2. The number of carbonyl (C=O) groups is 1. The monoisotopic (exact) mass is 524 g/mol. The van der Waals surface area contributed by atoms with Crippen LogP contribution in [0.4, 0.5) is 14.7 Å². The third kappa shape index (κ3) is 6.82. The Bertz CT molecular complexity index is 1240. The Morgan fingerprint density at radius 3 is 2.61 bits per heavy atom. The van der Waals surface area contributed by atoms with Crippen LogP contribution in [0.1, 0.15) is 55.3 Å². The van der Waals surface area contributed by atoms with Crippen LogP contribution >= 0.6 is 0 Å². The summed E-state index contributed by atoms with van der Waals surface area (Å²) in [6, 6.07) is 2.03. The van der Waals surface area contributed by atoms with Crippen molar-refractivity contribution in [2.24, 2.45) is 5.92 Å². The normalized spacial score (nSPS) is 13.8. The van der Waals surface area contributed by atoms with Gasteiger partial charge in [-0.05, 0) is 38.0 Å². The van der Waals surface area contributed by atoms with Gasteiger partial charge in [0.05, 0.1) is 18.7 Å².